The van der Waals surface area contributed by atoms with E-state index >= 15 is 0 Å². The van der Waals surface area contributed by atoms with Crippen molar-refractivity contribution in [3.05, 3.63) is 24.8 Å². The Kier molecular flexibility index (Phi) is 22.1. The van der Waals surface area contributed by atoms with Crippen molar-refractivity contribution in [2.75, 3.05) is 46.9 Å². The second-order valence-electron chi connectivity index (χ2n) is 6.03. The van der Waals surface area contributed by atoms with Gasteiger partial charge in [0.15, 0.2) is 0 Å². The first kappa shape index (κ1) is 26.7. The lowest BCUT2D eigenvalue weighted by Crippen LogP contribution is -2.42. The average Bonchev–Trinajstić information content (AvgIpc) is 3.16. The number of rotatable bonds is 5. The van der Waals surface area contributed by atoms with Crippen LogP contribution in [0.15, 0.2) is 29.8 Å². The molecular weight excluding hydrogens is 326 g/mol. The van der Waals surface area contributed by atoms with Crippen LogP contribution in [0.5, 0.6) is 0 Å². The summed E-state index contributed by atoms with van der Waals surface area (Å²) >= 11 is 0. The van der Waals surface area contributed by atoms with Crippen LogP contribution in [0.25, 0.3) is 0 Å². The maximum Gasteiger partial charge on any atom is 0.207 e. The number of allylic oxidation sites excluding steroid dienone is 3. The zero-order chi connectivity index (χ0) is 20.0. The van der Waals surface area contributed by atoms with Crippen LogP contribution >= 0.6 is 0 Å². The second-order valence-corrected chi connectivity index (χ2v) is 6.03. The summed E-state index contributed by atoms with van der Waals surface area (Å²) in [5, 5.41) is 2.82. The van der Waals surface area contributed by atoms with E-state index in [-0.39, 0.29) is 0 Å². The van der Waals surface area contributed by atoms with Crippen molar-refractivity contribution in [2.24, 2.45) is 10.7 Å². The first-order chi connectivity index (χ1) is 12.7. The Hall–Kier alpha value is -1.50. The third-order valence-corrected chi connectivity index (χ3v) is 4.01. The molecule has 152 valence electrons. The molecule has 3 N–H and O–H groups in total. The van der Waals surface area contributed by atoms with Gasteiger partial charge in [-0.2, -0.15) is 0 Å². The number of aliphatic imine (C=N–C) groups is 1. The highest BCUT2D eigenvalue weighted by Gasteiger charge is 2.17. The minimum atomic E-state index is 0.374. The van der Waals surface area contributed by atoms with Crippen molar-refractivity contribution in [1.29, 1.82) is 0 Å². The van der Waals surface area contributed by atoms with Gasteiger partial charge in [-0.1, -0.05) is 24.8 Å². The van der Waals surface area contributed by atoms with Gasteiger partial charge in [0.2, 0.25) is 6.41 Å². The van der Waals surface area contributed by atoms with Gasteiger partial charge in [-0.25, -0.2) is 0 Å². The fraction of sp³-hybridized carbons (Fsp3) is 0.700. The van der Waals surface area contributed by atoms with Crippen molar-refractivity contribution in [3.63, 3.8) is 0 Å². The molecule has 2 fully saturated rings. The highest BCUT2D eigenvalue weighted by Crippen LogP contribution is 2.09. The number of nitrogens with zero attached hydrogens (tertiary/aromatic N) is 3. The molecule has 1 amide bonds. The van der Waals surface area contributed by atoms with Gasteiger partial charge in [0.25, 0.3) is 0 Å². The topological polar surface area (TPSA) is 74.0 Å². The molecule has 0 unspecified atom stereocenters. The molecule has 0 aromatic carbocycles. The Morgan fingerprint density at radius 3 is 2.04 bits per heavy atom. The molecule has 2 saturated heterocycles. The lowest BCUT2D eigenvalue weighted by Gasteiger charge is -2.30. The van der Waals surface area contributed by atoms with E-state index in [0.29, 0.717) is 6.04 Å². The van der Waals surface area contributed by atoms with Crippen molar-refractivity contribution in [2.45, 2.75) is 45.6 Å². The van der Waals surface area contributed by atoms with Gasteiger partial charge in [-0.3, -0.25) is 14.7 Å². The van der Waals surface area contributed by atoms with E-state index in [2.05, 4.69) is 39.5 Å². The number of likely N-dealkylation sites (tertiary alicyclic amines) is 2. The van der Waals surface area contributed by atoms with Gasteiger partial charge in [-0.05, 0) is 72.9 Å². The Morgan fingerprint density at radius 2 is 1.73 bits per heavy atom. The molecule has 0 aromatic rings. The van der Waals surface area contributed by atoms with Gasteiger partial charge >= 0.3 is 0 Å². The number of nitrogens with two attached hydrogens (primary N) is 1. The Bertz CT molecular complexity index is 357. The zero-order valence-corrected chi connectivity index (χ0v) is 17.4. The smallest absolute Gasteiger partial charge is 0.207 e. The summed E-state index contributed by atoms with van der Waals surface area (Å²) in [6.07, 6.45) is 13.1. The van der Waals surface area contributed by atoms with E-state index in [4.69, 9.17) is 0 Å². The summed E-state index contributed by atoms with van der Waals surface area (Å²) in [6, 6.07) is 0.374. The molecule has 0 atom stereocenters. The van der Waals surface area contributed by atoms with Crippen LogP contribution < -0.4 is 11.1 Å². The molecule has 6 nitrogen and oxygen atoms in total. The maximum absolute atomic E-state index is 10.2. The number of nitrogens with one attached hydrogen (secondary N) is 1. The van der Waals surface area contributed by atoms with E-state index in [9.17, 15) is 4.79 Å². The van der Waals surface area contributed by atoms with Gasteiger partial charge in [0.1, 0.15) is 0 Å². The molecule has 6 heteroatoms. The van der Waals surface area contributed by atoms with Crippen molar-refractivity contribution < 1.29 is 4.79 Å². The van der Waals surface area contributed by atoms with Crippen LogP contribution in [0.2, 0.25) is 0 Å². The number of carbonyl (C=O) groups excluding carboxylic acids is 1. The van der Waals surface area contributed by atoms with Gasteiger partial charge in [0.05, 0.1) is 6.67 Å². The van der Waals surface area contributed by atoms with Crippen LogP contribution in [0, 0.1) is 0 Å². The van der Waals surface area contributed by atoms with Gasteiger partial charge < -0.3 is 16.0 Å². The zero-order valence-electron chi connectivity index (χ0n) is 17.4. The van der Waals surface area contributed by atoms with Gasteiger partial charge in [0, 0.05) is 19.1 Å². The number of carbonyl (C=O) groups is 1. The van der Waals surface area contributed by atoms with E-state index in [1.54, 1.807) is 6.08 Å². The summed E-state index contributed by atoms with van der Waals surface area (Å²) in [7, 11) is 3.67. The minimum absolute atomic E-state index is 0.374. The van der Waals surface area contributed by atoms with Crippen molar-refractivity contribution in [1.82, 2.24) is 15.1 Å². The largest absolute Gasteiger partial charge is 0.356 e. The van der Waals surface area contributed by atoms with E-state index in [1.807, 2.05) is 32.2 Å². The Labute approximate surface area is 161 Å². The van der Waals surface area contributed by atoms with Crippen LogP contribution in [0.1, 0.15) is 39.5 Å². The molecule has 26 heavy (non-hydrogen) atoms. The minimum Gasteiger partial charge on any atom is -0.356 e. The molecule has 0 saturated carbocycles. The molecule has 0 spiro atoms. The van der Waals surface area contributed by atoms with Crippen LogP contribution in [-0.2, 0) is 4.79 Å². The van der Waals surface area contributed by atoms with Crippen LogP contribution in [0.4, 0.5) is 0 Å². The van der Waals surface area contributed by atoms with Crippen molar-refractivity contribution >= 4 is 12.6 Å². The van der Waals surface area contributed by atoms with Crippen molar-refractivity contribution in [3.8, 4) is 0 Å². The third kappa shape index (κ3) is 17.3. The molecule has 0 bridgehead atoms. The molecule has 0 radical (unpaired) electrons. The quantitative estimate of drug-likeness (QED) is 0.444. The first-order valence-corrected chi connectivity index (χ1v) is 9.54. The monoisotopic (exact) mass is 367 g/mol. The van der Waals surface area contributed by atoms with E-state index < -0.39 is 0 Å². The molecule has 0 aliphatic carbocycles. The summed E-state index contributed by atoms with van der Waals surface area (Å²) in [5.74, 6) is 0. The SMILES string of the molecule is C/C=N\CN1CCC(NC=O)CC1.C=C/C=C\C.CN.CN1CCCC1. The molecule has 2 heterocycles. The molecule has 2 aliphatic rings. The average molecular weight is 368 g/mol. The molecule has 0 aromatic heterocycles. The first-order valence-electron chi connectivity index (χ1n) is 9.54. The molecule has 2 aliphatic heterocycles. The standard InChI is InChI=1S/C9H17N3O.C5H11N.C5H8.CH5N/c1-2-10-7-12-5-3-9(4-6-12)11-8-13;1-6-4-2-3-5-6;1-3-5-4-2;1-2/h2,8-9H,3-7H2,1H3,(H,11,13);2-5H2,1H3;3-5H,1H2,2H3;2H2,1H3/b10-2-;;5-4-;. The predicted octanol–water partition coefficient (Wildman–Crippen LogP) is 2.28. The fourth-order valence-electron chi connectivity index (χ4n) is 2.55. The number of hydrogen-bond acceptors (Lipinski definition) is 5. The van der Waals surface area contributed by atoms with Gasteiger partial charge in [-0.15, -0.1) is 0 Å². The molecule has 2 rings (SSSR count). The fourth-order valence-corrected chi connectivity index (χ4v) is 2.55. The Morgan fingerprint density at radius 1 is 1.15 bits per heavy atom. The highest BCUT2D eigenvalue weighted by atomic mass is 16.1. The number of piperidine rings is 1. The molecular formula is C20H41N5O. The summed E-state index contributed by atoms with van der Waals surface area (Å²) in [4.78, 5) is 19.0. The van der Waals surface area contributed by atoms with E-state index in [0.717, 1.165) is 39.0 Å². The summed E-state index contributed by atoms with van der Waals surface area (Å²) in [6.45, 7) is 12.9. The lowest BCUT2D eigenvalue weighted by molar-refractivity contribution is -0.110. The number of hydrogen-bond donors (Lipinski definition) is 2. The Balaban J connectivity index is 0. The predicted molar refractivity (Wildman–Crippen MR) is 115 cm³/mol. The number of amides is 1. The van der Waals surface area contributed by atoms with Crippen LogP contribution in [0.3, 0.4) is 0 Å². The van der Waals surface area contributed by atoms with Crippen LogP contribution in [-0.4, -0.2) is 75.4 Å². The summed E-state index contributed by atoms with van der Waals surface area (Å²) < 4.78 is 0. The normalized spacial score (nSPS) is 18.2. The third-order valence-electron chi connectivity index (χ3n) is 4.01. The highest BCUT2D eigenvalue weighted by molar-refractivity contribution is 5.53. The second kappa shape index (κ2) is 21.5. The lowest BCUT2D eigenvalue weighted by atomic mass is 10.1. The van der Waals surface area contributed by atoms with E-state index in [1.165, 1.54) is 33.0 Å². The maximum atomic E-state index is 10.2. The summed E-state index contributed by atoms with van der Waals surface area (Å²) in [5.41, 5.74) is 4.50.